The minimum atomic E-state index is -1.05. The van der Waals surface area contributed by atoms with Crippen molar-refractivity contribution in [3.63, 3.8) is 0 Å². The smallest absolute Gasteiger partial charge is 0.133 e. The molecule has 0 radical (unpaired) electrons. The van der Waals surface area contributed by atoms with Gasteiger partial charge in [0, 0.05) is 59.4 Å². The van der Waals surface area contributed by atoms with Gasteiger partial charge in [-0.15, -0.1) is 0 Å². The second kappa shape index (κ2) is 16.4. The summed E-state index contributed by atoms with van der Waals surface area (Å²) in [7, 11) is 3.21. The van der Waals surface area contributed by atoms with Crippen molar-refractivity contribution in [3.05, 3.63) is 101 Å². The molecule has 0 aromatic heterocycles. The molecule has 300 valence electrons. The number of fused-ring (bicyclic) bond motifs is 4. The van der Waals surface area contributed by atoms with E-state index in [1.54, 1.807) is 62.8 Å². The van der Waals surface area contributed by atoms with Crippen molar-refractivity contribution in [2.24, 2.45) is 11.8 Å². The summed E-state index contributed by atoms with van der Waals surface area (Å²) in [6.07, 6.45) is 3.79. The van der Waals surface area contributed by atoms with Crippen molar-refractivity contribution in [1.82, 2.24) is 0 Å². The SMILES string of the molecule is CCc1cc(-c2cccc(O)c2)c(Cc2cc(OC3CCCC3)cc3c2OCC(C2C(CCCOC)Oc4c(cc(OC)c5cc(O)ccc45)C2O)C3O)cc1O. The standard InChI is InChI=1S/C47H52O10/c1-4-26-20-35(27-9-7-10-30(48)18-27)28(21-40(26)50)17-29-19-33(56-32-11-5-6-12-32)23-37-44(51)39(25-55-46(29)37)43-41(13-8-16-53-2)57-47-34-15-14-31(49)22-36(34)42(54-3)24-38(47)45(43)52/h7,9-10,14-15,18-24,32,39,41,43-45,48-52H,4-6,8,11-13,16-17,25H2,1-3H3. The highest BCUT2D eigenvalue weighted by molar-refractivity contribution is 5.96. The van der Waals surface area contributed by atoms with Crippen LogP contribution >= 0.6 is 0 Å². The van der Waals surface area contributed by atoms with E-state index in [1.165, 1.54) is 0 Å². The number of hydrogen-bond acceptors (Lipinski definition) is 10. The zero-order chi connectivity index (χ0) is 39.8. The number of phenols is 3. The number of ether oxygens (including phenoxy) is 5. The number of aliphatic hydroxyl groups excluding tert-OH is 2. The quantitative estimate of drug-likeness (QED) is 0.0780. The molecule has 5 atom stereocenters. The van der Waals surface area contributed by atoms with Crippen LogP contribution in [0, 0.1) is 11.8 Å². The van der Waals surface area contributed by atoms with Crippen LogP contribution in [0.15, 0.2) is 72.8 Å². The fraction of sp³-hybridized carbons (Fsp3) is 0.404. The molecule has 0 spiro atoms. The van der Waals surface area contributed by atoms with Gasteiger partial charge in [0.25, 0.3) is 0 Å². The van der Waals surface area contributed by atoms with Crippen molar-refractivity contribution in [3.8, 4) is 51.4 Å². The van der Waals surface area contributed by atoms with Crippen LogP contribution in [-0.4, -0.2) is 65.2 Å². The van der Waals surface area contributed by atoms with E-state index in [0.29, 0.717) is 77.2 Å². The zero-order valence-electron chi connectivity index (χ0n) is 32.7. The molecule has 57 heavy (non-hydrogen) atoms. The van der Waals surface area contributed by atoms with Gasteiger partial charge in [-0.3, -0.25) is 0 Å². The lowest BCUT2D eigenvalue weighted by molar-refractivity contribution is -0.0884. The third-order valence-corrected chi connectivity index (χ3v) is 12.1. The molecule has 10 nitrogen and oxygen atoms in total. The van der Waals surface area contributed by atoms with Crippen LogP contribution in [0.1, 0.15) is 85.5 Å². The van der Waals surface area contributed by atoms with E-state index in [1.807, 2.05) is 31.2 Å². The number of aromatic hydroxyl groups is 3. The average Bonchev–Trinajstić information content (AvgIpc) is 3.72. The summed E-state index contributed by atoms with van der Waals surface area (Å²) in [5.41, 5.74) is 5.24. The number of hydrogen-bond donors (Lipinski definition) is 5. The van der Waals surface area contributed by atoms with Gasteiger partial charge in [0.05, 0.1) is 32.0 Å². The summed E-state index contributed by atoms with van der Waals surface area (Å²) in [5.74, 6) is 1.49. The number of rotatable bonds is 12. The first-order chi connectivity index (χ1) is 27.7. The summed E-state index contributed by atoms with van der Waals surface area (Å²) in [6, 6.07) is 21.5. The molecule has 5 aromatic rings. The highest BCUT2D eigenvalue weighted by Crippen LogP contribution is 2.53. The molecule has 1 aliphatic carbocycles. The van der Waals surface area contributed by atoms with Crippen LogP contribution < -0.4 is 18.9 Å². The Bertz CT molecular complexity index is 2240. The van der Waals surface area contributed by atoms with Gasteiger partial charge in [-0.05, 0) is 128 Å². The van der Waals surface area contributed by atoms with Crippen molar-refractivity contribution >= 4 is 10.8 Å². The molecule has 5 unspecified atom stereocenters. The highest BCUT2D eigenvalue weighted by atomic mass is 16.5. The molecular formula is C47H52O10. The third-order valence-electron chi connectivity index (χ3n) is 12.1. The van der Waals surface area contributed by atoms with Gasteiger partial charge in [0.15, 0.2) is 0 Å². The van der Waals surface area contributed by atoms with Crippen LogP contribution in [0.4, 0.5) is 0 Å². The molecular weight excluding hydrogens is 725 g/mol. The van der Waals surface area contributed by atoms with Gasteiger partial charge in [-0.25, -0.2) is 0 Å². The predicted octanol–water partition coefficient (Wildman–Crippen LogP) is 8.69. The van der Waals surface area contributed by atoms with Crippen LogP contribution in [-0.2, 0) is 17.6 Å². The Morgan fingerprint density at radius 3 is 2.32 bits per heavy atom. The Morgan fingerprint density at radius 1 is 0.772 bits per heavy atom. The van der Waals surface area contributed by atoms with Crippen LogP contribution in [0.25, 0.3) is 21.9 Å². The van der Waals surface area contributed by atoms with Gasteiger partial charge in [0.2, 0.25) is 0 Å². The number of aryl methyl sites for hydroxylation is 1. The Labute approximate surface area is 333 Å². The van der Waals surface area contributed by atoms with Gasteiger partial charge < -0.3 is 49.2 Å². The first-order valence-corrected chi connectivity index (χ1v) is 20.1. The zero-order valence-corrected chi connectivity index (χ0v) is 32.7. The Morgan fingerprint density at radius 2 is 1.56 bits per heavy atom. The van der Waals surface area contributed by atoms with Gasteiger partial charge in [-0.2, -0.15) is 0 Å². The fourth-order valence-corrected chi connectivity index (χ4v) is 9.28. The van der Waals surface area contributed by atoms with E-state index in [-0.39, 0.29) is 30.0 Å². The van der Waals surface area contributed by atoms with E-state index < -0.39 is 30.1 Å². The Kier molecular flexibility index (Phi) is 11.1. The van der Waals surface area contributed by atoms with E-state index in [2.05, 4.69) is 0 Å². The summed E-state index contributed by atoms with van der Waals surface area (Å²) >= 11 is 0. The molecule has 5 aromatic carbocycles. The summed E-state index contributed by atoms with van der Waals surface area (Å²) in [6.45, 7) is 2.61. The molecule has 2 heterocycles. The minimum Gasteiger partial charge on any atom is -0.508 e. The first kappa shape index (κ1) is 38.7. The third kappa shape index (κ3) is 7.54. The molecule has 1 fully saturated rings. The maximum atomic E-state index is 12.5. The van der Waals surface area contributed by atoms with Crippen molar-refractivity contribution in [1.29, 1.82) is 0 Å². The predicted molar refractivity (Wildman–Crippen MR) is 217 cm³/mol. The average molecular weight is 777 g/mol. The highest BCUT2D eigenvalue weighted by Gasteiger charge is 2.48. The van der Waals surface area contributed by atoms with Gasteiger partial charge >= 0.3 is 0 Å². The molecule has 0 bridgehead atoms. The lowest BCUT2D eigenvalue weighted by Crippen LogP contribution is -2.46. The second-order valence-electron chi connectivity index (χ2n) is 15.7. The monoisotopic (exact) mass is 776 g/mol. The van der Waals surface area contributed by atoms with Crippen molar-refractivity contribution in [2.75, 3.05) is 27.4 Å². The summed E-state index contributed by atoms with van der Waals surface area (Å²) < 4.78 is 31.3. The number of phenolic OH excluding ortho intramolecular Hbond substituents is 3. The normalized spacial score (nSPS) is 21.7. The molecule has 0 saturated heterocycles. The second-order valence-corrected chi connectivity index (χ2v) is 15.7. The topological polar surface area (TPSA) is 147 Å². The number of benzene rings is 5. The number of methoxy groups -OCH3 is 2. The van der Waals surface area contributed by atoms with Crippen LogP contribution in [0.2, 0.25) is 0 Å². The van der Waals surface area contributed by atoms with Gasteiger partial charge in [0.1, 0.15) is 46.4 Å². The Balaban J connectivity index is 1.21. The van der Waals surface area contributed by atoms with Crippen molar-refractivity contribution < 1.29 is 49.2 Å². The molecule has 5 N–H and O–H groups in total. The molecule has 3 aliphatic rings. The lowest BCUT2D eigenvalue weighted by atomic mass is 9.72. The summed E-state index contributed by atoms with van der Waals surface area (Å²) in [4.78, 5) is 0. The van der Waals surface area contributed by atoms with E-state index in [4.69, 9.17) is 23.7 Å². The molecule has 1 saturated carbocycles. The van der Waals surface area contributed by atoms with E-state index in [9.17, 15) is 25.5 Å². The van der Waals surface area contributed by atoms with E-state index >= 15 is 0 Å². The summed E-state index contributed by atoms with van der Waals surface area (Å²) in [5, 5.41) is 58.1. The van der Waals surface area contributed by atoms with Crippen LogP contribution in [0.3, 0.4) is 0 Å². The van der Waals surface area contributed by atoms with Gasteiger partial charge in [-0.1, -0.05) is 19.1 Å². The van der Waals surface area contributed by atoms with Crippen LogP contribution in [0.5, 0.6) is 40.2 Å². The first-order valence-electron chi connectivity index (χ1n) is 20.1. The Hall–Kier alpha value is -5.16. The maximum Gasteiger partial charge on any atom is 0.133 e. The lowest BCUT2D eigenvalue weighted by Gasteiger charge is -2.45. The molecule has 2 aliphatic heterocycles. The fourth-order valence-electron chi connectivity index (χ4n) is 9.28. The maximum absolute atomic E-state index is 12.5. The van der Waals surface area contributed by atoms with Crippen molar-refractivity contribution in [2.45, 2.75) is 82.7 Å². The number of aliphatic hydroxyl groups is 2. The minimum absolute atomic E-state index is 0.0611. The largest absolute Gasteiger partial charge is 0.508 e. The van der Waals surface area contributed by atoms with E-state index in [0.717, 1.165) is 53.5 Å². The molecule has 10 heteroatoms. The molecule has 0 amide bonds. The molecule has 8 rings (SSSR count).